The maximum Gasteiger partial charge on any atom is 0.345 e. The molecule has 0 aliphatic rings. The van der Waals surface area contributed by atoms with Crippen molar-refractivity contribution in [3.05, 3.63) is 28.0 Å². The lowest BCUT2D eigenvalue weighted by molar-refractivity contribution is 0.0702. The molecule has 0 bridgehead atoms. The van der Waals surface area contributed by atoms with Gasteiger partial charge >= 0.3 is 5.97 Å². The van der Waals surface area contributed by atoms with Crippen LogP contribution in [-0.2, 0) is 12.2 Å². The number of rotatable bonds is 6. The zero-order valence-corrected chi connectivity index (χ0v) is 11.4. The summed E-state index contributed by atoms with van der Waals surface area (Å²) >= 11 is 2.71. The fourth-order valence-electron chi connectivity index (χ4n) is 1.33. The van der Waals surface area contributed by atoms with Crippen molar-refractivity contribution in [1.82, 2.24) is 10.1 Å². The van der Waals surface area contributed by atoms with Crippen molar-refractivity contribution in [2.24, 2.45) is 0 Å². The van der Waals surface area contributed by atoms with Crippen molar-refractivity contribution in [2.45, 2.75) is 30.4 Å². The van der Waals surface area contributed by atoms with Crippen molar-refractivity contribution < 1.29 is 14.4 Å². The summed E-state index contributed by atoms with van der Waals surface area (Å²) in [7, 11) is 0. The van der Waals surface area contributed by atoms with Gasteiger partial charge in [-0.15, -0.1) is 23.1 Å². The zero-order valence-electron chi connectivity index (χ0n) is 9.75. The van der Waals surface area contributed by atoms with Crippen molar-refractivity contribution in [2.75, 3.05) is 0 Å². The van der Waals surface area contributed by atoms with Crippen molar-refractivity contribution >= 4 is 29.1 Å². The van der Waals surface area contributed by atoms with Gasteiger partial charge < -0.3 is 9.63 Å². The van der Waals surface area contributed by atoms with E-state index in [9.17, 15) is 4.79 Å². The highest BCUT2D eigenvalue weighted by molar-refractivity contribution is 7.98. The van der Waals surface area contributed by atoms with Gasteiger partial charge in [0.25, 0.3) is 0 Å². The topological polar surface area (TPSA) is 76.2 Å². The van der Waals surface area contributed by atoms with Crippen LogP contribution < -0.4 is 0 Å². The molecule has 0 unspecified atom stereocenters. The van der Waals surface area contributed by atoms with Crippen LogP contribution in [0.4, 0.5) is 0 Å². The van der Waals surface area contributed by atoms with Gasteiger partial charge in [-0.1, -0.05) is 12.1 Å². The summed E-state index contributed by atoms with van der Waals surface area (Å²) in [6, 6.07) is 1.65. The predicted molar refractivity (Wildman–Crippen MR) is 69.1 cm³/mol. The van der Waals surface area contributed by atoms with E-state index in [0.29, 0.717) is 16.5 Å². The molecular formula is C11H12N2O3S2. The number of aromatic carboxylic acids is 1. The van der Waals surface area contributed by atoms with Crippen LogP contribution in [0.5, 0.6) is 0 Å². The summed E-state index contributed by atoms with van der Waals surface area (Å²) in [5.41, 5.74) is 0. The van der Waals surface area contributed by atoms with Crippen LogP contribution >= 0.6 is 23.1 Å². The van der Waals surface area contributed by atoms with Crippen LogP contribution in [0.1, 0.15) is 34.7 Å². The quantitative estimate of drug-likeness (QED) is 0.821. The maximum absolute atomic E-state index is 10.7. The molecule has 0 atom stereocenters. The van der Waals surface area contributed by atoms with Gasteiger partial charge in [0.15, 0.2) is 5.82 Å². The van der Waals surface area contributed by atoms with Gasteiger partial charge in [-0.3, -0.25) is 0 Å². The van der Waals surface area contributed by atoms with Crippen LogP contribution in [-0.4, -0.2) is 21.2 Å². The van der Waals surface area contributed by atoms with Gasteiger partial charge in [0.05, 0.1) is 5.75 Å². The summed E-state index contributed by atoms with van der Waals surface area (Å²) < 4.78 is 5.10. The smallest absolute Gasteiger partial charge is 0.345 e. The number of thioether (sulfide) groups is 1. The molecule has 2 aromatic rings. The molecular weight excluding hydrogens is 272 g/mol. The molecule has 0 radical (unpaired) electrons. The third kappa shape index (κ3) is 3.33. The largest absolute Gasteiger partial charge is 0.477 e. The molecule has 0 aliphatic heterocycles. The van der Waals surface area contributed by atoms with Gasteiger partial charge in [0.2, 0.25) is 5.89 Å². The minimum atomic E-state index is -0.894. The summed E-state index contributed by atoms with van der Waals surface area (Å²) in [4.78, 5) is 16.2. The number of aryl methyl sites for hydroxylation is 1. The highest BCUT2D eigenvalue weighted by Crippen LogP contribution is 2.27. The number of aromatic nitrogens is 2. The Bertz CT molecular complexity index is 536. The third-order valence-electron chi connectivity index (χ3n) is 2.13. The molecule has 0 spiro atoms. The second-order valence-electron chi connectivity index (χ2n) is 3.59. The summed E-state index contributed by atoms with van der Waals surface area (Å²) in [5.74, 6) is 0.970. The van der Waals surface area contributed by atoms with Crippen LogP contribution in [0.25, 0.3) is 0 Å². The minimum Gasteiger partial charge on any atom is -0.477 e. The lowest BCUT2D eigenvalue weighted by Crippen LogP contribution is -1.89. The Balaban J connectivity index is 1.91. The molecule has 18 heavy (non-hydrogen) atoms. The number of hydrogen-bond donors (Lipinski definition) is 1. The normalized spacial score (nSPS) is 10.7. The minimum absolute atomic E-state index is 0.342. The molecule has 7 heteroatoms. The molecule has 0 aromatic carbocycles. The fraction of sp³-hybridized carbons (Fsp3) is 0.364. The first-order valence-electron chi connectivity index (χ1n) is 5.45. The van der Waals surface area contributed by atoms with E-state index in [0.717, 1.165) is 23.6 Å². The van der Waals surface area contributed by atoms with Gasteiger partial charge in [-0.25, -0.2) is 4.79 Å². The average molecular weight is 284 g/mol. The van der Waals surface area contributed by atoms with Crippen molar-refractivity contribution in [3.63, 3.8) is 0 Å². The summed E-state index contributed by atoms with van der Waals surface area (Å²) in [5, 5.41) is 14.5. The van der Waals surface area contributed by atoms with E-state index in [4.69, 9.17) is 9.63 Å². The molecule has 0 aliphatic carbocycles. The number of carbonyl (C=O) groups is 1. The number of carboxylic acid groups (broad SMARTS) is 1. The first-order valence-corrected chi connectivity index (χ1v) is 7.31. The molecule has 0 saturated carbocycles. The molecule has 1 N–H and O–H groups in total. The van der Waals surface area contributed by atoms with Gasteiger partial charge in [-0.05, 0) is 12.5 Å². The maximum atomic E-state index is 10.7. The summed E-state index contributed by atoms with van der Waals surface area (Å²) in [6.07, 6.45) is 1.80. The molecule has 96 valence electrons. The lowest BCUT2D eigenvalue weighted by atomic mass is 10.3. The molecule has 2 rings (SSSR count). The number of hydrogen-bond acceptors (Lipinski definition) is 6. The number of thiophene rings is 1. The van der Waals surface area contributed by atoms with E-state index in [1.165, 1.54) is 23.1 Å². The Morgan fingerprint density at radius 1 is 1.61 bits per heavy atom. The first kappa shape index (κ1) is 13.1. The van der Waals surface area contributed by atoms with E-state index >= 15 is 0 Å². The predicted octanol–water partition coefficient (Wildman–Crippen LogP) is 3.07. The molecule has 0 fully saturated rings. The number of carboxylic acids is 1. The second kappa shape index (κ2) is 6.01. The zero-order chi connectivity index (χ0) is 13.0. The van der Waals surface area contributed by atoms with E-state index < -0.39 is 5.97 Å². The SMILES string of the molecule is CCCc1noc(CSc2csc(C(=O)O)c2)n1. The molecule has 2 heterocycles. The van der Waals surface area contributed by atoms with Crippen molar-refractivity contribution in [3.8, 4) is 0 Å². The average Bonchev–Trinajstić information content (AvgIpc) is 2.95. The van der Waals surface area contributed by atoms with E-state index in [-0.39, 0.29) is 0 Å². The summed E-state index contributed by atoms with van der Waals surface area (Å²) in [6.45, 7) is 2.06. The highest BCUT2D eigenvalue weighted by Gasteiger charge is 2.09. The Kier molecular flexibility index (Phi) is 4.38. The van der Waals surface area contributed by atoms with Gasteiger partial charge in [0.1, 0.15) is 4.88 Å². The molecule has 0 amide bonds. The molecule has 0 saturated heterocycles. The van der Waals surface area contributed by atoms with Crippen LogP contribution in [0, 0.1) is 0 Å². The Morgan fingerprint density at radius 3 is 3.11 bits per heavy atom. The molecule has 2 aromatic heterocycles. The van der Waals surface area contributed by atoms with E-state index in [1.54, 1.807) is 6.07 Å². The second-order valence-corrected chi connectivity index (χ2v) is 5.55. The highest BCUT2D eigenvalue weighted by atomic mass is 32.2. The van der Waals surface area contributed by atoms with Crippen LogP contribution in [0.2, 0.25) is 0 Å². The Labute approximate surface area is 112 Å². The Hall–Kier alpha value is -1.34. The van der Waals surface area contributed by atoms with Gasteiger partial charge in [-0.2, -0.15) is 4.98 Å². The third-order valence-corrected chi connectivity index (χ3v) is 4.16. The lowest BCUT2D eigenvalue weighted by Gasteiger charge is -1.91. The van der Waals surface area contributed by atoms with Crippen LogP contribution in [0.15, 0.2) is 20.9 Å². The fourth-order valence-corrected chi connectivity index (χ4v) is 3.03. The van der Waals surface area contributed by atoms with Crippen molar-refractivity contribution in [1.29, 1.82) is 0 Å². The van der Waals surface area contributed by atoms with Gasteiger partial charge in [0, 0.05) is 16.7 Å². The van der Waals surface area contributed by atoms with Crippen LogP contribution in [0.3, 0.4) is 0 Å². The monoisotopic (exact) mass is 284 g/mol. The van der Waals surface area contributed by atoms with E-state index in [2.05, 4.69) is 17.1 Å². The molecule has 5 nitrogen and oxygen atoms in total. The van der Waals surface area contributed by atoms with E-state index in [1.807, 2.05) is 5.38 Å². The number of nitrogens with zero attached hydrogens (tertiary/aromatic N) is 2. The standard InChI is InChI=1S/C11H12N2O3S2/c1-2-3-9-12-10(16-13-9)6-17-7-4-8(11(14)15)18-5-7/h4-5H,2-3,6H2,1H3,(H,14,15). The first-order chi connectivity index (χ1) is 8.69. The Morgan fingerprint density at radius 2 is 2.44 bits per heavy atom.